The number of aryl methyl sites for hydroxylation is 1. The largest absolute Gasteiger partial charge is 0.422 e. The van der Waals surface area contributed by atoms with Crippen molar-refractivity contribution in [1.29, 1.82) is 0 Å². The zero-order valence-corrected chi connectivity index (χ0v) is 13.9. The number of rotatable bonds is 4. The van der Waals surface area contributed by atoms with Crippen LogP contribution >= 0.6 is 0 Å². The summed E-state index contributed by atoms with van der Waals surface area (Å²) in [5, 5.41) is 8.25. The lowest BCUT2D eigenvalue weighted by Gasteiger charge is -2.11. The van der Waals surface area contributed by atoms with E-state index in [0.29, 0.717) is 23.0 Å². The summed E-state index contributed by atoms with van der Waals surface area (Å²) in [4.78, 5) is 24.4. The Morgan fingerprint density at radius 3 is 3.08 bits per heavy atom. The van der Waals surface area contributed by atoms with Gasteiger partial charge in [-0.2, -0.15) is 5.10 Å². The molecule has 0 spiro atoms. The van der Waals surface area contributed by atoms with Crippen molar-refractivity contribution >= 4 is 27.8 Å². The molecular formula is C18H19N3O4. The fraction of sp³-hybridized carbons (Fsp3) is 0.389. The molecule has 0 aliphatic carbocycles. The second-order valence-corrected chi connectivity index (χ2v) is 6.39. The lowest BCUT2D eigenvalue weighted by molar-refractivity contribution is -0.122. The predicted octanol–water partition coefficient (Wildman–Crippen LogP) is 1.75. The maximum absolute atomic E-state index is 12.3. The molecule has 1 aromatic carbocycles. The van der Waals surface area contributed by atoms with Crippen LogP contribution < -0.4 is 10.9 Å². The van der Waals surface area contributed by atoms with Crippen molar-refractivity contribution in [1.82, 2.24) is 15.1 Å². The van der Waals surface area contributed by atoms with Gasteiger partial charge in [-0.1, -0.05) is 11.6 Å². The SMILES string of the molecule is Cc1ccc2oc(=O)c3cnn(CC(=O)NCC4CCCO4)c3c2c1. The Bertz CT molecular complexity index is 999. The first-order valence-electron chi connectivity index (χ1n) is 8.39. The minimum atomic E-state index is -0.447. The van der Waals surface area contributed by atoms with E-state index in [-0.39, 0.29) is 18.6 Å². The van der Waals surface area contributed by atoms with Crippen molar-refractivity contribution in [3.05, 3.63) is 40.4 Å². The monoisotopic (exact) mass is 341 g/mol. The van der Waals surface area contributed by atoms with Gasteiger partial charge in [-0.3, -0.25) is 9.48 Å². The van der Waals surface area contributed by atoms with E-state index < -0.39 is 5.63 Å². The van der Waals surface area contributed by atoms with Crippen LogP contribution in [0.4, 0.5) is 0 Å². The Morgan fingerprint density at radius 1 is 1.40 bits per heavy atom. The third kappa shape index (κ3) is 3.02. The molecule has 2 aromatic heterocycles. The molecule has 7 heteroatoms. The third-order valence-corrected chi connectivity index (χ3v) is 4.50. The first-order chi connectivity index (χ1) is 12.1. The Balaban J connectivity index is 1.65. The molecule has 1 fully saturated rings. The van der Waals surface area contributed by atoms with Crippen LogP contribution in [-0.4, -0.2) is 34.9 Å². The van der Waals surface area contributed by atoms with Gasteiger partial charge in [0.25, 0.3) is 0 Å². The summed E-state index contributed by atoms with van der Waals surface area (Å²) >= 11 is 0. The van der Waals surface area contributed by atoms with Gasteiger partial charge in [-0.25, -0.2) is 4.79 Å². The van der Waals surface area contributed by atoms with Crippen molar-refractivity contribution in [3.63, 3.8) is 0 Å². The molecule has 0 bridgehead atoms. The molecule has 1 aliphatic heterocycles. The summed E-state index contributed by atoms with van der Waals surface area (Å²) < 4.78 is 12.4. The van der Waals surface area contributed by atoms with Gasteiger partial charge in [0.2, 0.25) is 5.91 Å². The highest BCUT2D eigenvalue weighted by Gasteiger charge is 2.18. The summed E-state index contributed by atoms with van der Waals surface area (Å²) in [6.07, 6.45) is 3.55. The summed E-state index contributed by atoms with van der Waals surface area (Å²) in [7, 11) is 0. The molecule has 7 nitrogen and oxygen atoms in total. The fourth-order valence-corrected chi connectivity index (χ4v) is 3.24. The molecule has 1 atom stereocenters. The second kappa shape index (κ2) is 6.33. The van der Waals surface area contributed by atoms with Crippen LogP contribution in [-0.2, 0) is 16.1 Å². The van der Waals surface area contributed by atoms with E-state index >= 15 is 0 Å². The Kier molecular flexibility index (Phi) is 4.01. The minimum absolute atomic E-state index is 0.0444. The first kappa shape index (κ1) is 15.8. The molecule has 1 saturated heterocycles. The standard InChI is InChI=1S/C18H19N3O4/c1-11-4-5-15-13(7-11)17-14(18(23)25-15)9-20-21(17)10-16(22)19-8-12-3-2-6-24-12/h4-5,7,9,12H,2-3,6,8,10H2,1H3,(H,19,22). The van der Waals surface area contributed by atoms with E-state index in [9.17, 15) is 9.59 Å². The van der Waals surface area contributed by atoms with Crippen molar-refractivity contribution in [2.24, 2.45) is 0 Å². The number of aromatic nitrogens is 2. The number of nitrogens with zero attached hydrogens (tertiary/aromatic N) is 2. The lowest BCUT2D eigenvalue weighted by Crippen LogP contribution is -2.34. The summed E-state index contributed by atoms with van der Waals surface area (Å²) in [5.74, 6) is -0.158. The second-order valence-electron chi connectivity index (χ2n) is 6.39. The maximum atomic E-state index is 12.3. The highest BCUT2D eigenvalue weighted by Crippen LogP contribution is 2.23. The molecule has 1 amide bonds. The Morgan fingerprint density at radius 2 is 2.28 bits per heavy atom. The molecule has 1 unspecified atom stereocenters. The van der Waals surface area contributed by atoms with Crippen molar-refractivity contribution in [2.45, 2.75) is 32.4 Å². The van der Waals surface area contributed by atoms with Gasteiger partial charge < -0.3 is 14.5 Å². The zero-order chi connectivity index (χ0) is 17.4. The number of ether oxygens (including phenoxy) is 1. The van der Waals surface area contributed by atoms with Crippen LogP contribution in [0.1, 0.15) is 18.4 Å². The quantitative estimate of drug-likeness (QED) is 0.731. The van der Waals surface area contributed by atoms with Crippen LogP contribution in [0.2, 0.25) is 0 Å². The molecule has 0 saturated carbocycles. The maximum Gasteiger partial charge on any atom is 0.347 e. The summed E-state index contributed by atoms with van der Waals surface area (Å²) in [6, 6.07) is 5.58. The number of carbonyl (C=O) groups is 1. The Hall–Kier alpha value is -2.67. The number of hydrogen-bond acceptors (Lipinski definition) is 5. The molecular weight excluding hydrogens is 322 g/mol. The average Bonchev–Trinajstić information content (AvgIpc) is 3.24. The van der Waals surface area contributed by atoms with E-state index in [1.807, 2.05) is 19.1 Å². The number of hydrogen-bond donors (Lipinski definition) is 1. The van der Waals surface area contributed by atoms with E-state index in [1.54, 1.807) is 10.7 Å². The third-order valence-electron chi connectivity index (χ3n) is 4.50. The number of amides is 1. The Labute approximate surface area is 143 Å². The first-order valence-corrected chi connectivity index (χ1v) is 8.39. The average molecular weight is 341 g/mol. The normalized spacial score (nSPS) is 17.4. The number of nitrogens with one attached hydrogen (secondary N) is 1. The highest BCUT2D eigenvalue weighted by atomic mass is 16.5. The van der Waals surface area contributed by atoms with Crippen LogP contribution in [0.25, 0.3) is 21.9 Å². The predicted molar refractivity (Wildman–Crippen MR) is 92.5 cm³/mol. The van der Waals surface area contributed by atoms with Crippen molar-refractivity contribution < 1.29 is 13.9 Å². The zero-order valence-electron chi connectivity index (χ0n) is 13.9. The smallest absolute Gasteiger partial charge is 0.347 e. The molecule has 1 N–H and O–H groups in total. The molecule has 3 heterocycles. The number of fused-ring (bicyclic) bond motifs is 3. The van der Waals surface area contributed by atoms with Crippen LogP contribution in [0.5, 0.6) is 0 Å². The van der Waals surface area contributed by atoms with Gasteiger partial charge in [0, 0.05) is 18.5 Å². The van der Waals surface area contributed by atoms with Gasteiger partial charge in [-0.15, -0.1) is 0 Å². The number of carbonyl (C=O) groups excluding carboxylic acids is 1. The van der Waals surface area contributed by atoms with Gasteiger partial charge in [-0.05, 0) is 31.9 Å². The topological polar surface area (TPSA) is 86.4 Å². The minimum Gasteiger partial charge on any atom is -0.422 e. The summed E-state index contributed by atoms with van der Waals surface area (Å²) in [6.45, 7) is 3.26. The molecule has 0 radical (unpaired) electrons. The van der Waals surface area contributed by atoms with Crippen molar-refractivity contribution in [2.75, 3.05) is 13.2 Å². The highest BCUT2D eigenvalue weighted by molar-refractivity contribution is 6.02. The number of benzene rings is 1. The van der Waals surface area contributed by atoms with Gasteiger partial charge in [0.05, 0.1) is 17.8 Å². The molecule has 1 aliphatic rings. The molecule has 3 aromatic rings. The van der Waals surface area contributed by atoms with Crippen LogP contribution in [0, 0.1) is 6.92 Å². The summed E-state index contributed by atoms with van der Waals surface area (Å²) in [5.41, 5.74) is 1.71. The molecule has 130 valence electrons. The lowest BCUT2D eigenvalue weighted by atomic mass is 10.1. The van der Waals surface area contributed by atoms with Crippen LogP contribution in [0.15, 0.2) is 33.6 Å². The van der Waals surface area contributed by atoms with Crippen LogP contribution in [0.3, 0.4) is 0 Å². The van der Waals surface area contributed by atoms with Gasteiger partial charge in [0.1, 0.15) is 17.5 Å². The van der Waals surface area contributed by atoms with E-state index in [4.69, 9.17) is 9.15 Å². The van der Waals surface area contributed by atoms with Crippen molar-refractivity contribution in [3.8, 4) is 0 Å². The van der Waals surface area contributed by atoms with E-state index in [0.717, 1.165) is 30.4 Å². The molecule has 4 rings (SSSR count). The molecule has 25 heavy (non-hydrogen) atoms. The fourth-order valence-electron chi connectivity index (χ4n) is 3.24. The van der Waals surface area contributed by atoms with Gasteiger partial charge in [0.15, 0.2) is 0 Å². The van der Waals surface area contributed by atoms with Gasteiger partial charge >= 0.3 is 5.63 Å². The van der Waals surface area contributed by atoms with E-state index in [2.05, 4.69) is 10.4 Å². The van der Waals surface area contributed by atoms with E-state index in [1.165, 1.54) is 6.20 Å².